The van der Waals surface area contributed by atoms with Crippen LogP contribution in [-0.4, -0.2) is 83.3 Å². The van der Waals surface area contributed by atoms with E-state index < -0.39 is 11.2 Å². The first-order valence-corrected chi connectivity index (χ1v) is 22.7. The number of aryl methyl sites for hydroxylation is 2. The number of nitrogens with one attached hydrogen (secondary N) is 1. The minimum atomic E-state index is -0.863. The van der Waals surface area contributed by atoms with Gasteiger partial charge in [-0.2, -0.15) is 0 Å². The molecule has 15 heteroatoms. The van der Waals surface area contributed by atoms with E-state index in [2.05, 4.69) is 62.3 Å². The number of aliphatic carboxylic acids is 1. The zero-order chi connectivity index (χ0) is 47.7. The first-order valence-electron chi connectivity index (χ1n) is 22.4. The van der Waals surface area contributed by atoms with Gasteiger partial charge in [-0.15, -0.1) is 10.2 Å². The Balaban J connectivity index is 0.000000194. The van der Waals surface area contributed by atoms with E-state index in [0.29, 0.717) is 30.6 Å². The van der Waals surface area contributed by atoms with Crippen LogP contribution < -0.4 is 5.32 Å². The summed E-state index contributed by atoms with van der Waals surface area (Å²) in [7, 11) is 5.13. The number of benzene rings is 6. The molecule has 0 bridgehead atoms. The lowest BCUT2D eigenvalue weighted by Crippen LogP contribution is -2.36. The summed E-state index contributed by atoms with van der Waals surface area (Å²) in [4.78, 5) is 49.0. The summed E-state index contributed by atoms with van der Waals surface area (Å²) in [5.74, 6) is -1.45. The Kier molecular flexibility index (Phi) is 17.5. The van der Waals surface area contributed by atoms with Crippen LogP contribution in [0.3, 0.4) is 0 Å². The molecule has 6 aromatic carbocycles. The van der Waals surface area contributed by atoms with Gasteiger partial charge in [-0.05, 0) is 112 Å². The number of amides is 1. The maximum atomic E-state index is 13.0. The van der Waals surface area contributed by atoms with Gasteiger partial charge >= 0.3 is 11.9 Å². The average Bonchev–Trinajstić information content (AvgIpc) is 3.94. The highest BCUT2D eigenvalue weighted by atomic mass is 35.5. The Labute approximate surface area is 413 Å². The van der Waals surface area contributed by atoms with E-state index in [-0.39, 0.29) is 45.0 Å². The number of hydrogen-bond acceptors (Lipinski definition) is 10. The van der Waals surface area contributed by atoms with Crippen molar-refractivity contribution in [1.29, 1.82) is 0 Å². The monoisotopic (exact) mass is 962 g/mol. The van der Waals surface area contributed by atoms with Crippen molar-refractivity contribution in [2.45, 2.75) is 65.5 Å². The molecule has 362 valence electrons. The predicted molar refractivity (Wildman–Crippen MR) is 273 cm³/mol. The molecule has 2 aliphatic heterocycles. The minimum Gasteiger partial charge on any atom is -0.481 e. The number of aromatic nitrogens is 6. The molecule has 8 aromatic rings. The maximum Gasteiger partial charge on any atom is 0.306 e. The number of halogens is 1. The fourth-order valence-electron chi connectivity index (χ4n) is 8.85. The predicted octanol–water partition coefficient (Wildman–Crippen LogP) is 9.42. The molecule has 4 heterocycles. The van der Waals surface area contributed by atoms with Gasteiger partial charge in [0.25, 0.3) is 11.1 Å². The van der Waals surface area contributed by atoms with E-state index in [0.717, 1.165) is 75.8 Å². The molecule has 0 saturated heterocycles. The second kappa shape index (κ2) is 23.6. The number of methoxy groups -OCH3 is 1. The summed E-state index contributed by atoms with van der Waals surface area (Å²) in [5, 5.41) is 29.1. The van der Waals surface area contributed by atoms with Gasteiger partial charge in [0.15, 0.2) is 0 Å². The molecule has 1 amide bonds. The molecule has 2 N–H and O–H groups in total. The number of rotatable bonds is 10. The second-order valence-electron chi connectivity index (χ2n) is 16.9. The van der Waals surface area contributed by atoms with Crippen molar-refractivity contribution in [3.8, 4) is 0 Å². The van der Waals surface area contributed by atoms with Gasteiger partial charge in [0.05, 0.1) is 31.0 Å². The summed E-state index contributed by atoms with van der Waals surface area (Å²) >= 11 is 5.16. The molecule has 2 aromatic heterocycles. The second-order valence-corrected chi connectivity index (χ2v) is 17.2. The number of carbonyl (C=O) groups excluding carboxylic acids is 3. The average molecular weight is 964 g/mol. The number of carboxylic acid groups (broad SMARTS) is 1. The standard InChI is InChI=1S/C26H24N4O3.C20H22N4O2.C7H5ClO.2CH4/c1-29-24-10-9-20(14-23(24)27-28-29)22(15-25(31)32)19-8-7-17-11-12-30(16-21(17)13-19)26(33)18-5-3-2-4-6-18;1-24-19-6-5-15(10-18(19)22-23-24)17(11-20(25)26-2)14-4-3-13-7-8-21-12-16(13)9-14;8-7(9)6-4-2-1-3-5-6;;/h2-10,13-14,22H,11-12,15-16H2,1H3,(H,31,32);3-6,9-10,17,21H,7-8,11-12H2,1-2H3;1-5H;2*1H4. The molecule has 0 aliphatic carbocycles. The molecule has 0 fully saturated rings. The van der Waals surface area contributed by atoms with Crippen LogP contribution in [0.25, 0.3) is 22.1 Å². The summed E-state index contributed by atoms with van der Waals surface area (Å²) in [5.41, 5.74) is 13.6. The van der Waals surface area contributed by atoms with Crippen LogP contribution in [0.1, 0.15) is 105 Å². The zero-order valence-corrected chi connectivity index (χ0v) is 38.8. The number of carbonyl (C=O) groups is 4. The Hall–Kier alpha value is -7.55. The molecule has 2 atom stereocenters. The summed E-state index contributed by atoms with van der Waals surface area (Å²) in [6.45, 7) is 3.07. The molecule has 0 spiro atoms. The number of esters is 1. The van der Waals surface area contributed by atoms with Crippen LogP contribution in [0.15, 0.2) is 133 Å². The quantitative estimate of drug-likeness (QED) is 0.0987. The first-order chi connectivity index (χ1) is 32.9. The van der Waals surface area contributed by atoms with E-state index in [4.69, 9.17) is 16.3 Å². The molecular weight excluding hydrogens is 904 g/mol. The lowest BCUT2D eigenvalue weighted by atomic mass is 9.85. The summed E-state index contributed by atoms with van der Waals surface area (Å²) in [6, 6.07) is 42.6. The number of ether oxygens (including phenoxy) is 1. The highest BCUT2D eigenvalue weighted by molar-refractivity contribution is 6.67. The highest BCUT2D eigenvalue weighted by Gasteiger charge is 2.26. The summed E-state index contributed by atoms with van der Waals surface area (Å²) < 4.78 is 8.39. The lowest BCUT2D eigenvalue weighted by Gasteiger charge is -2.30. The molecule has 10 rings (SSSR count). The van der Waals surface area contributed by atoms with Gasteiger partial charge in [-0.3, -0.25) is 19.2 Å². The fourth-order valence-corrected chi connectivity index (χ4v) is 8.97. The lowest BCUT2D eigenvalue weighted by molar-refractivity contribution is -0.141. The third-order valence-electron chi connectivity index (χ3n) is 12.5. The maximum absolute atomic E-state index is 13.0. The third-order valence-corrected chi connectivity index (χ3v) is 12.7. The zero-order valence-electron chi connectivity index (χ0n) is 38.0. The Morgan fingerprint density at radius 1 is 0.643 bits per heavy atom. The number of carboxylic acids is 1. The van der Waals surface area contributed by atoms with Crippen molar-refractivity contribution in [3.05, 3.63) is 189 Å². The van der Waals surface area contributed by atoms with Crippen molar-refractivity contribution < 1.29 is 29.0 Å². The summed E-state index contributed by atoms with van der Waals surface area (Å²) in [6.07, 6.45) is 2.10. The number of hydrogen-bond donors (Lipinski definition) is 2. The third kappa shape index (κ3) is 12.2. The van der Waals surface area contributed by atoms with Gasteiger partial charge in [0.1, 0.15) is 11.0 Å². The van der Waals surface area contributed by atoms with Crippen molar-refractivity contribution in [2.75, 3.05) is 20.2 Å². The van der Waals surface area contributed by atoms with Gasteiger partial charge in [0, 0.05) is 56.7 Å². The van der Waals surface area contributed by atoms with E-state index in [1.807, 2.05) is 91.8 Å². The molecule has 0 radical (unpaired) electrons. The van der Waals surface area contributed by atoms with Crippen LogP contribution in [0, 0.1) is 0 Å². The molecule has 2 unspecified atom stereocenters. The number of nitrogens with zero attached hydrogens (tertiary/aromatic N) is 7. The van der Waals surface area contributed by atoms with Crippen LogP contribution in [0.2, 0.25) is 0 Å². The van der Waals surface area contributed by atoms with Crippen molar-refractivity contribution in [1.82, 2.24) is 40.2 Å². The van der Waals surface area contributed by atoms with Crippen LogP contribution in [0.4, 0.5) is 0 Å². The van der Waals surface area contributed by atoms with E-state index >= 15 is 0 Å². The molecule has 2 aliphatic rings. The first kappa shape index (κ1) is 51.8. The van der Waals surface area contributed by atoms with E-state index in [1.165, 1.54) is 23.8 Å². The molecule has 14 nitrogen and oxygen atoms in total. The van der Waals surface area contributed by atoms with E-state index in [1.54, 1.807) is 33.6 Å². The Morgan fingerprint density at radius 3 is 1.67 bits per heavy atom. The van der Waals surface area contributed by atoms with Crippen LogP contribution in [-0.2, 0) is 54.4 Å². The Morgan fingerprint density at radius 2 is 1.14 bits per heavy atom. The highest BCUT2D eigenvalue weighted by Crippen LogP contribution is 2.34. The molecule has 0 saturated carbocycles. The minimum absolute atomic E-state index is 0. The van der Waals surface area contributed by atoms with Crippen molar-refractivity contribution in [3.63, 3.8) is 0 Å². The normalized spacial score (nSPS) is 13.3. The Bertz CT molecular complexity index is 3100. The topological polar surface area (TPSA) is 174 Å². The van der Waals surface area contributed by atoms with Crippen molar-refractivity contribution in [2.24, 2.45) is 14.1 Å². The van der Waals surface area contributed by atoms with Gasteiger partial charge in [-0.1, -0.05) is 122 Å². The SMILES string of the molecule is C.C.COC(=O)CC(c1ccc2c(c1)CNCC2)c1ccc2c(c1)nnn2C.Cn1nnc2cc(C(CC(=O)O)c3ccc4c(c3)CN(C(=O)c3ccccc3)CC4)ccc21.O=C(Cl)c1ccccc1. The van der Waals surface area contributed by atoms with Crippen molar-refractivity contribution >= 4 is 56.8 Å². The van der Waals surface area contributed by atoms with E-state index in [9.17, 15) is 24.3 Å². The molecular formula is C55H59ClN8O6. The van der Waals surface area contributed by atoms with Gasteiger partial charge in [0.2, 0.25) is 0 Å². The van der Waals surface area contributed by atoms with Gasteiger partial charge in [-0.25, -0.2) is 9.36 Å². The smallest absolute Gasteiger partial charge is 0.306 e. The van der Waals surface area contributed by atoms with Crippen LogP contribution in [0.5, 0.6) is 0 Å². The van der Waals surface area contributed by atoms with Crippen LogP contribution >= 0.6 is 11.6 Å². The number of fused-ring (bicyclic) bond motifs is 4. The molecule has 70 heavy (non-hydrogen) atoms. The largest absolute Gasteiger partial charge is 0.481 e. The fraction of sp³-hybridized carbons (Fsp3) is 0.273. The van der Waals surface area contributed by atoms with Gasteiger partial charge < -0.3 is 20.1 Å².